The van der Waals surface area contributed by atoms with Gasteiger partial charge in [-0.2, -0.15) is 18.1 Å². The Kier molecular flexibility index (Phi) is 4.38. The smallest absolute Gasteiger partial charge is 0.283 e. The summed E-state index contributed by atoms with van der Waals surface area (Å²) in [5.74, 6) is 0.609. The zero-order valence-corrected chi connectivity index (χ0v) is 17.5. The number of hydrogen-bond acceptors (Lipinski definition) is 5. The van der Waals surface area contributed by atoms with Gasteiger partial charge in [0.2, 0.25) is 0 Å². The molecule has 2 aliphatic heterocycles. The maximum Gasteiger partial charge on any atom is 0.283 e. The van der Waals surface area contributed by atoms with Crippen molar-refractivity contribution in [3.8, 4) is 6.07 Å². The van der Waals surface area contributed by atoms with Crippen LogP contribution in [0.25, 0.3) is 0 Å². The molecule has 2 aliphatic rings. The van der Waals surface area contributed by atoms with Crippen molar-refractivity contribution in [2.45, 2.75) is 11.4 Å². The van der Waals surface area contributed by atoms with E-state index >= 15 is 0 Å². The fourth-order valence-electron chi connectivity index (χ4n) is 4.11. The van der Waals surface area contributed by atoms with Crippen molar-refractivity contribution in [3.05, 3.63) is 101 Å². The molecule has 0 bridgehead atoms. The summed E-state index contributed by atoms with van der Waals surface area (Å²) in [5, 5.41) is 10.2. The second-order valence-corrected chi connectivity index (χ2v) is 8.91. The Hall–Kier alpha value is -3.89. The molecule has 31 heavy (non-hydrogen) atoms. The summed E-state index contributed by atoms with van der Waals surface area (Å²) in [4.78, 5) is 4.10. The fraction of sp³-hybridized carbons (Fsp3) is 0.0833. The standard InChI is InChI=1S/C24H18N4O2S/c1-27-20-12-6-7-13-21(20)28(16-17-9-3-2-4-10-17)24(27)19(15-25)23-18-11-5-8-14-22(18)31(29,30)26-23/h2-14H,16H2,1H3. The van der Waals surface area contributed by atoms with Crippen LogP contribution in [0.3, 0.4) is 0 Å². The first-order chi connectivity index (χ1) is 15.0. The van der Waals surface area contributed by atoms with Crippen molar-refractivity contribution in [2.24, 2.45) is 4.40 Å². The van der Waals surface area contributed by atoms with Crippen molar-refractivity contribution < 1.29 is 8.42 Å². The third-order valence-corrected chi connectivity index (χ3v) is 6.83. The van der Waals surface area contributed by atoms with Crippen LogP contribution < -0.4 is 9.80 Å². The Bertz CT molecular complexity index is 1400. The number of rotatable bonds is 3. The molecule has 0 N–H and O–H groups in total. The first-order valence-electron chi connectivity index (χ1n) is 9.74. The first kappa shape index (κ1) is 19.1. The van der Waals surface area contributed by atoms with Gasteiger partial charge in [-0.3, -0.25) is 0 Å². The molecular weight excluding hydrogens is 408 g/mol. The second kappa shape index (κ2) is 7.11. The molecule has 3 aromatic carbocycles. The molecule has 0 unspecified atom stereocenters. The highest BCUT2D eigenvalue weighted by Gasteiger charge is 2.37. The number of hydrogen-bond donors (Lipinski definition) is 0. The molecule has 3 aromatic rings. The largest absolute Gasteiger partial charge is 0.328 e. The lowest BCUT2D eigenvalue weighted by Crippen LogP contribution is -2.29. The van der Waals surface area contributed by atoms with Crippen LogP contribution in [0.2, 0.25) is 0 Å². The highest BCUT2D eigenvalue weighted by molar-refractivity contribution is 7.90. The van der Waals surface area contributed by atoms with Crippen LogP contribution in [-0.4, -0.2) is 21.2 Å². The molecule has 0 saturated carbocycles. The molecule has 7 heteroatoms. The lowest BCUT2D eigenvalue weighted by molar-refractivity contribution is 0.599. The van der Waals surface area contributed by atoms with Crippen LogP contribution >= 0.6 is 0 Å². The third-order valence-electron chi connectivity index (χ3n) is 5.49. The van der Waals surface area contributed by atoms with Crippen molar-refractivity contribution in [3.63, 3.8) is 0 Å². The minimum Gasteiger partial charge on any atom is -0.328 e. The number of nitriles is 1. The van der Waals surface area contributed by atoms with Crippen LogP contribution in [0.15, 0.2) is 99.6 Å². The average Bonchev–Trinajstić information content (AvgIpc) is 3.22. The molecule has 0 atom stereocenters. The molecule has 0 saturated heterocycles. The van der Waals surface area contributed by atoms with Crippen molar-refractivity contribution in [1.29, 1.82) is 5.26 Å². The lowest BCUT2D eigenvalue weighted by Gasteiger charge is -2.24. The van der Waals surface area contributed by atoms with Gasteiger partial charge in [-0.1, -0.05) is 60.7 Å². The summed E-state index contributed by atoms with van der Waals surface area (Å²) in [7, 11) is -1.95. The van der Waals surface area contributed by atoms with Crippen molar-refractivity contribution in [1.82, 2.24) is 0 Å². The Morgan fingerprint density at radius 2 is 1.58 bits per heavy atom. The molecule has 0 amide bonds. The Morgan fingerprint density at radius 1 is 0.935 bits per heavy atom. The highest BCUT2D eigenvalue weighted by Crippen LogP contribution is 2.43. The number of anilines is 2. The zero-order valence-electron chi connectivity index (χ0n) is 16.7. The third kappa shape index (κ3) is 3.00. The predicted molar refractivity (Wildman–Crippen MR) is 120 cm³/mol. The predicted octanol–water partition coefficient (Wildman–Crippen LogP) is 4.07. The molecule has 0 fully saturated rings. The summed E-state index contributed by atoms with van der Waals surface area (Å²) >= 11 is 0. The van der Waals surface area contributed by atoms with E-state index in [-0.39, 0.29) is 16.2 Å². The summed E-state index contributed by atoms with van der Waals surface area (Å²) < 4.78 is 29.2. The Morgan fingerprint density at radius 3 is 2.32 bits per heavy atom. The summed E-state index contributed by atoms with van der Waals surface area (Å²) in [6.45, 7) is 0.532. The first-order valence-corrected chi connectivity index (χ1v) is 11.2. The summed E-state index contributed by atoms with van der Waals surface area (Å²) in [5.41, 5.74) is 3.83. The van der Waals surface area contributed by atoms with E-state index in [2.05, 4.69) is 10.5 Å². The second-order valence-electron chi connectivity index (χ2n) is 7.34. The maximum atomic E-state index is 12.6. The fourth-order valence-corrected chi connectivity index (χ4v) is 5.33. The molecule has 0 aromatic heterocycles. The van der Waals surface area contributed by atoms with E-state index in [4.69, 9.17) is 0 Å². The molecule has 0 aliphatic carbocycles. The van der Waals surface area contributed by atoms with E-state index in [0.29, 0.717) is 17.9 Å². The van der Waals surface area contributed by atoms with E-state index in [1.807, 2.05) is 71.4 Å². The van der Waals surface area contributed by atoms with E-state index in [1.165, 1.54) is 6.07 Å². The molecule has 5 rings (SSSR count). The monoisotopic (exact) mass is 426 g/mol. The van der Waals surface area contributed by atoms with Gasteiger partial charge in [0.25, 0.3) is 10.0 Å². The van der Waals surface area contributed by atoms with Gasteiger partial charge < -0.3 is 9.80 Å². The molecule has 0 radical (unpaired) electrons. The average molecular weight is 427 g/mol. The topological polar surface area (TPSA) is 76.8 Å². The molecule has 0 spiro atoms. The van der Waals surface area contributed by atoms with Gasteiger partial charge in [-0.25, -0.2) is 0 Å². The van der Waals surface area contributed by atoms with Crippen LogP contribution in [0, 0.1) is 11.3 Å². The van der Waals surface area contributed by atoms with Gasteiger partial charge in [0.05, 0.1) is 16.3 Å². The number of benzene rings is 3. The van der Waals surface area contributed by atoms with Gasteiger partial charge in [0.15, 0.2) is 0 Å². The highest BCUT2D eigenvalue weighted by atomic mass is 32.2. The Balaban J connectivity index is 1.74. The van der Waals surface area contributed by atoms with Crippen molar-refractivity contribution in [2.75, 3.05) is 16.8 Å². The SMILES string of the molecule is CN1C(=C(C#N)C2=NS(=O)(=O)c3ccccc32)N(Cc2ccccc2)c2ccccc21. The molecule has 6 nitrogen and oxygen atoms in total. The zero-order chi connectivity index (χ0) is 21.6. The van der Waals surface area contributed by atoms with Gasteiger partial charge in [0, 0.05) is 19.2 Å². The minimum absolute atomic E-state index is 0.131. The molecule has 152 valence electrons. The summed E-state index contributed by atoms with van der Waals surface area (Å²) in [6.07, 6.45) is 0. The van der Waals surface area contributed by atoms with Gasteiger partial charge in [0.1, 0.15) is 23.2 Å². The van der Waals surface area contributed by atoms with E-state index in [0.717, 1.165) is 16.9 Å². The van der Waals surface area contributed by atoms with Crippen molar-refractivity contribution >= 4 is 27.1 Å². The summed E-state index contributed by atoms with van der Waals surface area (Å²) in [6, 6.07) is 26.7. The number of fused-ring (bicyclic) bond motifs is 2. The lowest BCUT2D eigenvalue weighted by atomic mass is 10.0. The maximum absolute atomic E-state index is 12.6. The van der Waals surface area contributed by atoms with Crippen LogP contribution in [0.5, 0.6) is 0 Å². The number of allylic oxidation sites excluding steroid dienone is 1. The van der Waals surface area contributed by atoms with E-state index < -0.39 is 10.0 Å². The van der Waals surface area contributed by atoms with E-state index in [9.17, 15) is 13.7 Å². The van der Waals surface area contributed by atoms with Crippen LogP contribution in [-0.2, 0) is 16.6 Å². The van der Waals surface area contributed by atoms with Crippen LogP contribution in [0.1, 0.15) is 11.1 Å². The molecule has 2 heterocycles. The normalized spacial score (nSPS) is 17.6. The Labute approximate surface area is 181 Å². The molecular formula is C24H18N4O2S. The number of nitrogens with zero attached hydrogens (tertiary/aromatic N) is 4. The number of sulfonamides is 1. The van der Waals surface area contributed by atoms with Crippen LogP contribution in [0.4, 0.5) is 11.4 Å². The van der Waals surface area contributed by atoms with Gasteiger partial charge >= 0.3 is 0 Å². The van der Waals surface area contributed by atoms with Gasteiger partial charge in [-0.15, -0.1) is 0 Å². The minimum atomic E-state index is -3.84. The van der Waals surface area contributed by atoms with E-state index in [1.54, 1.807) is 18.2 Å². The van der Waals surface area contributed by atoms with Gasteiger partial charge in [-0.05, 0) is 23.8 Å². The quantitative estimate of drug-likeness (QED) is 0.590. The number of para-hydroxylation sites is 2.